The van der Waals surface area contributed by atoms with Gasteiger partial charge < -0.3 is 24.4 Å². The van der Waals surface area contributed by atoms with Crippen LogP contribution >= 0.6 is 0 Å². The molecule has 36 heavy (non-hydrogen) atoms. The lowest BCUT2D eigenvalue weighted by atomic mass is 9.77. The first-order chi connectivity index (χ1) is 17.6. The molecule has 3 heterocycles. The summed E-state index contributed by atoms with van der Waals surface area (Å²) in [6.45, 7) is 3.61. The fourth-order valence-electron chi connectivity index (χ4n) is 5.34. The smallest absolute Gasteiger partial charge is 0.251 e. The molecule has 3 aliphatic rings. The molecule has 1 unspecified atom stereocenters. The quantitative estimate of drug-likeness (QED) is 0.498. The number of anilines is 1. The summed E-state index contributed by atoms with van der Waals surface area (Å²) in [7, 11) is 0. The third kappa shape index (κ3) is 3.49. The molecule has 7 heteroatoms. The van der Waals surface area contributed by atoms with E-state index in [1.807, 2.05) is 65.6 Å². The molecule has 7 nitrogen and oxygen atoms in total. The zero-order valence-corrected chi connectivity index (χ0v) is 20.2. The standard InChI is InChI=1S/C29H28N2O5/c1-2-3-6-13-30-27(32)20-11-9-19(10-12-20)16-31-23-8-5-4-7-21(23)29(28(31)33)17-34-24-15-26-25(14-22(24)29)35-18-36-26/h4-5,7-12,14-15H,2-3,6,13,16-18H2,1H3,(H,30,32). The summed E-state index contributed by atoms with van der Waals surface area (Å²) in [6, 6.07) is 19.1. The maximum atomic E-state index is 14.1. The van der Waals surface area contributed by atoms with Crippen molar-refractivity contribution in [1.82, 2.24) is 5.32 Å². The number of para-hydroxylation sites is 1. The average Bonchev–Trinajstić information content (AvgIpc) is 3.58. The van der Waals surface area contributed by atoms with Gasteiger partial charge in [0.25, 0.3) is 5.91 Å². The number of unbranched alkanes of at least 4 members (excludes halogenated alkanes) is 2. The number of rotatable bonds is 7. The van der Waals surface area contributed by atoms with E-state index in [0.717, 1.165) is 41.6 Å². The van der Waals surface area contributed by atoms with Crippen LogP contribution in [0.25, 0.3) is 0 Å². The largest absolute Gasteiger partial charge is 0.491 e. The highest BCUT2D eigenvalue weighted by atomic mass is 16.7. The molecule has 0 aromatic heterocycles. The van der Waals surface area contributed by atoms with Crippen molar-refractivity contribution in [1.29, 1.82) is 0 Å². The van der Waals surface area contributed by atoms with Crippen molar-refractivity contribution < 1.29 is 23.8 Å². The predicted molar refractivity (Wildman–Crippen MR) is 135 cm³/mol. The van der Waals surface area contributed by atoms with Crippen LogP contribution in [0.4, 0.5) is 5.69 Å². The zero-order chi connectivity index (χ0) is 24.7. The van der Waals surface area contributed by atoms with Crippen LogP contribution in [0.3, 0.4) is 0 Å². The number of hydrogen-bond acceptors (Lipinski definition) is 5. The number of benzene rings is 3. The van der Waals surface area contributed by atoms with Gasteiger partial charge in [-0.15, -0.1) is 0 Å². The van der Waals surface area contributed by atoms with Crippen LogP contribution in [0.2, 0.25) is 0 Å². The van der Waals surface area contributed by atoms with Crippen LogP contribution in [0, 0.1) is 0 Å². The molecule has 1 atom stereocenters. The van der Waals surface area contributed by atoms with Crippen LogP contribution < -0.4 is 24.4 Å². The minimum atomic E-state index is -0.925. The van der Waals surface area contributed by atoms with Crippen molar-refractivity contribution in [2.24, 2.45) is 0 Å². The summed E-state index contributed by atoms with van der Waals surface area (Å²) in [5.74, 6) is 1.82. The van der Waals surface area contributed by atoms with E-state index in [1.54, 1.807) is 0 Å². The van der Waals surface area contributed by atoms with E-state index in [0.29, 0.717) is 35.9 Å². The summed E-state index contributed by atoms with van der Waals surface area (Å²) in [5, 5.41) is 2.97. The molecule has 1 spiro atoms. The second kappa shape index (κ2) is 8.90. The summed E-state index contributed by atoms with van der Waals surface area (Å²) >= 11 is 0. The van der Waals surface area contributed by atoms with Crippen molar-refractivity contribution in [2.45, 2.75) is 38.1 Å². The molecular weight excluding hydrogens is 456 g/mol. The van der Waals surface area contributed by atoms with Crippen LogP contribution in [0.5, 0.6) is 17.2 Å². The number of nitrogens with one attached hydrogen (secondary N) is 1. The third-order valence-corrected chi connectivity index (χ3v) is 7.27. The number of carbonyl (C=O) groups excluding carboxylic acids is 2. The Labute approximate surface area is 210 Å². The molecule has 0 fully saturated rings. The van der Waals surface area contributed by atoms with Gasteiger partial charge in [-0.2, -0.15) is 0 Å². The lowest BCUT2D eigenvalue weighted by molar-refractivity contribution is -0.122. The molecule has 2 amide bonds. The summed E-state index contributed by atoms with van der Waals surface area (Å²) in [5.41, 5.74) is 3.24. The van der Waals surface area contributed by atoms with E-state index < -0.39 is 5.41 Å². The van der Waals surface area contributed by atoms with Gasteiger partial charge in [0.2, 0.25) is 12.7 Å². The van der Waals surface area contributed by atoms with Gasteiger partial charge in [-0.25, -0.2) is 0 Å². The monoisotopic (exact) mass is 484 g/mol. The molecular formula is C29H28N2O5. The van der Waals surface area contributed by atoms with E-state index in [4.69, 9.17) is 14.2 Å². The van der Waals surface area contributed by atoms with E-state index in [2.05, 4.69) is 12.2 Å². The molecule has 0 aliphatic carbocycles. The van der Waals surface area contributed by atoms with Crippen molar-refractivity contribution in [3.8, 4) is 17.2 Å². The minimum absolute atomic E-state index is 0.0286. The lowest BCUT2D eigenvalue weighted by Gasteiger charge is -2.23. The SMILES string of the molecule is CCCCCNC(=O)c1ccc(CN2C(=O)C3(COc4cc5c(cc43)OCO5)c3ccccc32)cc1. The predicted octanol–water partition coefficient (Wildman–Crippen LogP) is 4.56. The van der Waals surface area contributed by atoms with E-state index >= 15 is 0 Å². The molecule has 6 rings (SSSR count). The number of hydrogen-bond donors (Lipinski definition) is 1. The van der Waals surface area contributed by atoms with Gasteiger partial charge in [0.05, 0.1) is 6.54 Å². The van der Waals surface area contributed by atoms with Gasteiger partial charge in [0, 0.05) is 29.4 Å². The summed E-state index contributed by atoms with van der Waals surface area (Å²) in [4.78, 5) is 28.4. The van der Waals surface area contributed by atoms with Gasteiger partial charge in [-0.05, 0) is 41.8 Å². The van der Waals surface area contributed by atoms with Crippen LogP contribution in [-0.2, 0) is 16.8 Å². The first kappa shape index (κ1) is 22.5. The van der Waals surface area contributed by atoms with Crippen molar-refractivity contribution >= 4 is 17.5 Å². The fraction of sp³-hybridized carbons (Fsp3) is 0.310. The Bertz CT molecular complexity index is 1340. The van der Waals surface area contributed by atoms with E-state index in [1.165, 1.54) is 0 Å². The number of fused-ring (bicyclic) bond motifs is 5. The Morgan fingerprint density at radius 2 is 1.72 bits per heavy atom. The number of carbonyl (C=O) groups is 2. The van der Waals surface area contributed by atoms with Crippen LogP contribution in [-0.4, -0.2) is 31.8 Å². The first-order valence-electron chi connectivity index (χ1n) is 12.5. The molecule has 184 valence electrons. The van der Waals surface area contributed by atoms with Gasteiger partial charge in [-0.1, -0.05) is 50.1 Å². The zero-order valence-electron chi connectivity index (χ0n) is 20.2. The van der Waals surface area contributed by atoms with E-state index in [-0.39, 0.29) is 25.2 Å². The Balaban J connectivity index is 1.27. The molecule has 3 aromatic carbocycles. The van der Waals surface area contributed by atoms with Gasteiger partial charge in [-0.3, -0.25) is 9.59 Å². The molecule has 3 aromatic rings. The maximum absolute atomic E-state index is 14.1. The average molecular weight is 485 g/mol. The number of amides is 2. The van der Waals surface area contributed by atoms with Crippen molar-refractivity contribution in [3.63, 3.8) is 0 Å². The highest BCUT2D eigenvalue weighted by Gasteiger charge is 2.57. The molecule has 0 radical (unpaired) electrons. The Hall–Kier alpha value is -4.00. The van der Waals surface area contributed by atoms with Crippen molar-refractivity contribution in [3.05, 3.63) is 82.9 Å². The molecule has 0 bridgehead atoms. The third-order valence-electron chi connectivity index (χ3n) is 7.27. The topological polar surface area (TPSA) is 77.1 Å². The highest BCUT2D eigenvalue weighted by Crippen LogP contribution is 2.55. The summed E-state index contributed by atoms with van der Waals surface area (Å²) in [6.07, 6.45) is 3.20. The maximum Gasteiger partial charge on any atom is 0.251 e. The second-order valence-electron chi connectivity index (χ2n) is 9.46. The number of nitrogens with zero attached hydrogens (tertiary/aromatic N) is 1. The minimum Gasteiger partial charge on any atom is -0.491 e. The normalized spacial score (nSPS) is 18.8. The number of ether oxygens (including phenoxy) is 3. The van der Waals surface area contributed by atoms with E-state index in [9.17, 15) is 9.59 Å². The van der Waals surface area contributed by atoms with Gasteiger partial charge >= 0.3 is 0 Å². The van der Waals surface area contributed by atoms with Crippen molar-refractivity contribution in [2.75, 3.05) is 24.8 Å². The summed E-state index contributed by atoms with van der Waals surface area (Å²) < 4.78 is 17.2. The van der Waals surface area contributed by atoms with Gasteiger partial charge in [0.1, 0.15) is 17.8 Å². The molecule has 3 aliphatic heterocycles. The Kier molecular flexibility index (Phi) is 5.55. The Morgan fingerprint density at radius 3 is 2.53 bits per heavy atom. The highest BCUT2D eigenvalue weighted by molar-refractivity contribution is 6.11. The lowest BCUT2D eigenvalue weighted by Crippen LogP contribution is -2.42. The van der Waals surface area contributed by atoms with Crippen LogP contribution in [0.15, 0.2) is 60.7 Å². The fourth-order valence-corrected chi connectivity index (χ4v) is 5.34. The molecule has 0 saturated heterocycles. The van der Waals surface area contributed by atoms with Gasteiger partial charge in [0.15, 0.2) is 11.5 Å². The molecule has 1 N–H and O–H groups in total. The second-order valence-corrected chi connectivity index (χ2v) is 9.46. The molecule has 0 saturated carbocycles. The first-order valence-corrected chi connectivity index (χ1v) is 12.5. The Morgan fingerprint density at radius 1 is 0.944 bits per heavy atom. The van der Waals surface area contributed by atoms with Crippen LogP contribution in [0.1, 0.15) is 53.2 Å².